The van der Waals surface area contributed by atoms with E-state index in [2.05, 4.69) is 20.8 Å². The molecule has 0 saturated carbocycles. The number of para-hydroxylation sites is 1. The lowest BCUT2D eigenvalue weighted by Gasteiger charge is -2.11. The Hall–Kier alpha value is -3.20. The number of hydrogen-bond acceptors (Lipinski definition) is 6. The van der Waals surface area contributed by atoms with Crippen LogP contribution in [-0.2, 0) is 9.59 Å². The standard InChI is InChI=1S/C20H19FN4O3S/c1-12-6-5-7-13(2)18(12)23-16(26)10-22-17(27)11-29-20-25-24-19(28-20)14-8-3-4-9-15(14)21/h3-9H,10-11H2,1-2H3,(H,22,27)(H,23,26). The predicted octanol–water partition coefficient (Wildman–Crippen LogP) is 3.34. The molecule has 0 aliphatic heterocycles. The molecule has 0 aliphatic rings. The van der Waals surface area contributed by atoms with Crippen molar-refractivity contribution in [3.05, 3.63) is 59.4 Å². The highest BCUT2D eigenvalue weighted by Gasteiger charge is 2.14. The van der Waals surface area contributed by atoms with E-state index in [1.165, 1.54) is 12.1 Å². The lowest BCUT2D eigenvalue weighted by atomic mass is 10.1. The molecule has 2 N–H and O–H groups in total. The van der Waals surface area contributed by atoms with Crippen molar-refractivity contribution < 1.29 is 18.4 Å². The number of carbonyl (C=O) groups is 2. The number of thioether (sulfide) groups is 1. The van der Waals surface area contributed by atoms with Crippen LogP contribution in [0.1, 0.15) is 11.1 Å². The van der Waals surface area contributed by atoms with Crippen LogP contribution in [0.2, 0.25) is 0 Å². The highest BCUT2D eigenvalue weighted by Crippen LogP contribution is 2.25. The van der Waals surface area contributed by atoms with Crippen molar-refractivity contribution in [3.63, 3.8) is 0 Å². The molecule has 1 heterocycles. The second-order valence-electron chi connectivity index (χ2n) is 6.23. The Morgan fingerprint density at radius 1 is 1.03 bits per heavy atom. The van der Waals surface area contributed by atoms with Crippen LogP contribution in [0.5, 0.6) is 0 Å². The smallest absolute Gasteiger partial charge is 0.277 e. The van der Waals surface area contributed by atoms with E-state index in [4.69, 9.17) is 4.42 Å². The van der Waals surface area contributed by atoms with E-state index in [1.807, 2.05) is 32.0 Å². The molecule has 0 fully saturated rings. The fourth-order valence-corrected chi connectivity index (χ4v) is 3.16. The normalized spacial score (nSPS) is 10.6. The zero-order valence-electron chi connectivity index (χ0n) is 15.9. The first-order chi connectivity index (χ1) is 13.9. The Morgan fingerprint density at radius 2 is 1.76 bits per heavy atom. The number of aromatic nitrogens is 2. The topological polar surface area (TPSA) is 97.1 Å². The summed E-state index contributed by atoms with van der Waals surface area (Å²) in [5.41, 5.74) is 2.83. The first-order valence-corrected chi connectivity index (χ1v) is 9.76. The summed E-state index contributed by atoms with van der Waals surface area (Å²) >= 11 is 1.00. The highest BCUT2D eigenvalue weighted by atomic mass is 32.2. The molecule has 0 atom stereocenters. The number of aryl methyl sites for hydroxylation is 2. The van der Waals surface area contributed by atoms with Gasteiger partial charge in [0.15, 0.2) is 0 Å². The van der Waals surface area contributed by atoms with Crippen molar-refractivity contribution in [2.75, 3.05) is 17.6 Å². The SMILES string of the molecule is Cc1cccc(C)c1NC(=O)CNC(=O)CSc1nnc(-c2ccccc2F)o1. The van der Waals surface area contributed by atoms with Gasteiger partial charge in [-0.3, -0.25) is 9.59 Å². The monoisotopic (exact) mass is 414 g/mol. The predicted molar refractivity (Wildman–Crippen MR) is 108 cm³/mol. The molecule has 3 rings (SSSR count). The highest BCUT2D eigenvalue weighted by molar-refractivity contribution is 7.99. The van der Waals surface area contributed by atoms with Gasteiger partial charge in [-0.1, -0.05) is 42.1 Å². The molecule has 29 heavy (non-hydrogen) atoms. The first-order valence-electron chi connectivity index (χ1n) is 8.78. The maximum Gasteiger partial charge on any atom is 0.277 e. The Balaban J connectivity index is 1.47. The molecule has 0 bridgehead atoms. The molecular formula is C20H19FN4O3S. The number of hydrogen-bond donors (Lipinski definition) is 2. The Morgan fingerprint density at radius 3 is 2.48 bits per heavy atom. The molecule has 150 valence electrons. The molecule has 9 heteroatoms. The van der Waals surface area contributed by atoms with Crippen molar-refractivity contribution in [3.8, 4) is 11.5 Å². The number of halogens is 1. The third kappa shape index (κ3) is 5.41. The van der Waals surface area contributed by atoms with Crippen LogP contribution in [0.3, 0.4) is 0 Å². The molecule has 0 unspecified atom stereocenters. The van der Waals surface area contributed by atoms with Gasteiger partial charge in [0.2, 0.25) is 11.8 Å². The number of anilines is 1. The van der Waals surface area contributed by atoms with E-state index < -0.39 is 5.82 Å². The van der Waals surface area contributed by atoms with Crippen molar-refractivity contribution >= 4 is 29.3 Å². The number of nitrogens with zero attached hydrogens (tertiary/aromatic N) is 2. The van der Waals surface area contributed by atoms with Gasteiger partial charge in [0.05, 0.1) is 17.9 Å². The molecule has 0 radical (unpaired) electrons. The van der Waals surface area contributed by atoms with Crippen molar-refractivity contribution in [1.29, 1.82) is 0 Å². The van der Waals surface area contributed by atoms with Crippen LogP contribution in [-0.4, -0.2) is 34.3 Å². The van der Waals surface area contributed by atoms with Gasteiger partial charge in [0.25, 0.3) is 11.1 Å². The minimum atomic E-state index is -0.472. The summed E-state index contributed by atoms with van der Waals surface area (Å²) < 4.78 is 19.1. The van der Waals surface area contributed by atoms with Crippen molar-refractivity contribution in [2.45, 2.75) is 19.1 Å². The van der Waals surface area contributed by atoms with Gasteiger partial charge in [0, 0.05) is 5.69 Å². The molecule has 0 saturated heterocycles. The van der Waals surface area contributed by atoms with Gasteiger partial charge >= 0.3 is 0 Å². The molecule has 0 spiro atoms. The molecular weight excluding hydrogens is 395 g/mol. The number of carbonyl (C=O) groups excluding carboxylic acids is 2. The van der Waals surface area contributed by atoms with Crippen LogP contribution in [0.4, 0.5) is 10.1 Å². The summed E-state index contributed by atoms with van der Waals surface area (Å²) in [4.78, 5) is 24.1. The van der Waals surface area contributed by atoms with Crippen LogP contribution in [0, 0.1) is 19.7 Å². The van der Waals surface area contributed by atoms with Crippen LogP contribution in [0.25, 0.3) is 11.5 Å². The van der Waals surface area contributed by atoms with E-state index in [1.54, 1.807) is 12.1 Å². The quantitative estimate of drug-likeness (QED) is 0.576. The minimum Gasteiger partial charge on any atom is -0.411 e. The number of amides is 2. The number of benzene rings is 2. The second kappa shape index (κ2) is 9.33. The summed E-state index contributed by atoms with van der Waals surface area (Å²) in [6.07, 6.45) is 0. The van der Waals surface area contributed by atoms with E-state index in [0.29, 0.717) is 0 Å². The fraction of sp³-hybridized carbons (Fsp3) is 0.200. The number of rotatable bonds is 7. The summed E-state index contributed by atoms with van der Waals surface area (Å²) in [5.74, 6) is -1.13. The van der Waals surface area contributed by atoms with Gasteiger partial charge < -0.3 is 15.1 Å². The molecule has 7 nitrogen and oxygen atoms in total. The molecule has 1 aromatic heterocycles. The summed E-state index contributed by atoms with van der Waals surface area (Å²) in [6, 6.07) is 11.8. The fourth-order valence-electron chi connectivity index (χ4n) is 2.56. The van der Waals surface area contributed by atoms with E-state index in [-0.39, 0.29) is 40.8 Å². The van der Waals surface area contributed by atoms with Crippen LogP contribution >= 0.6 is 11.8 Å². The van der Waals surface area contributed by atoms with Gasteiger partial charge in [-0.15, -0.1) is 10.2 Å². The zero-order valence-corrected chi connectivity index (χ0v) is 16.7. The average molecular weight is 414 g/mol. The van der Waals surface area contributed by atoms with Gasteiger partial charge in [-0.25, -0.2) is 4.39 Å². The summed E-state index contributed by atoms with van der Waals surface area (Å²) in [5, 5.41) is 13.1. The number of nitrogens with one attached hydrogen (secondary N) is 2. The van der Waals surface area contributed by atoms with Gasteiger partial charge in [-0.2, -0.15) is 0 Å². The Bertz CT molecular complexity index is 1020. The van der Waals surface area contributed by atoms with Crippen molar-refractivity contribution in [2.24, 2.45) is 0 Å². The van der Waals surface area contributed by atoms with Crippen molar-refractivity contribution in [1.82, 2.24) is 15.5 Å². The lowest BCUT2D eigenvalue weighted by Crippen LogP contribution is -2.34. The average Bonchev–Trinajstić information content (AvgIpc) is 3.17. The van der Waals surface area contributed by atoms with Crippen LogP contribution in [0.15, 0.2) is 52.1 Å². The van der Waals surface area contributed by atoms with E-state index in [0.717, 1.165) is 28.6 Å². The third-order valence-corrected chi connectivity index (χ3v) is 4.85. The summed E-state index contributed by atoms with van der Waals surface area (Å²) in [7, 11) is 0. The third-order valence-electron chi connectivity index (χ3n) is 4.03. The maximum absolute atomic E-state index is 13.7. The molecule has 2 aromatic carbocycles. The van der Waals surface area contributed by atoms with E-state index in [9.17, 15) is 14.0 Å². The molecule has 2 amide bonds. The zero-order chi connectivity index (χ0) is 20.8. The van der Waals surface area contributed by atoms with E-state index >= 15 is 0 Å². The van der Waals surface area contributed by atoms with Crippen LogP contribution < -0.4 is 10.6 Å². The minimum absolute atomic E-state index is 0.0183. The first kappa shape index (κ1) is 20.5. The maximum atomic E-state index is 13.7. The molecule has 3 aromatic rings. The van der Waals surface area contributed by atoms with Gasteiger partial charge in [-0.05, 0) is 37.1 Å². The Labute approximate surface area is 171 Å². The molecule has 0 aliphatic carbocycles. The lowest BCUT2D eigenvalue weighted by molar-refractivity contribution is -0.122. The Kier molecular flexibility index (Phi) is 6.61. The summed E-state index contributed by atoms with van der Waals surface area (Å²) in [6.45, 7) is 3.65. The second-order valence-corrected chi connectivity index (χ2v) is 7.16. The largest absolute Gasteiger partial charge is 0.411 e. The van der Waals surface area contributed by atoms with Gasteiger partial charge in [0.1, 0.15) is 5.82 Å².